The highest BCUT2D eigenvalue weighted by Crippen LogP contribution is 2.08. The molecule has 0 saturated heterocycles. The van der Waals surface area contributed by atoms with Crippen LogP contribution in [0.1, 0.15) is 13.3 Å². The Bertz CT molecular complexity index is 586. The summed E-state index contributed by atoms with van der Waals surface area (Å²) in [5, 5.41) is 9.93. The fourth-order valence-electron chi connectivity index (χ4n) is 1.47. The molecule has 112 valence electrons. The molecule has 0 atom stereocenters. The molecule has 0 radical (unpaired) electrons. The van der Waals surface area contributed by atoms with Crippen LogP contribution in [0.2, 0.25) is 0 Å². The molecule has 0 bridgehead atoms. The molecule has 0 spiro atoms. The third-order valence-corrected chi connectivity index (χ3v) is 2.42. The summed E-state index contributed by atoms with van der Waals surface area (Å²) in [7, 11) is 1.34. The number of anilines is 2. The number of esters is 1. The van der Waals surface area contributed by atoms with Crippen LogP contribution in [0.4, 0.5) is 11.9 Å². The second-order valence-corrected chi connectivity index (χ2v) is 3.91. The molecule has 2 aromatic heterocycles. The Labute approximate surface area is 121 Å². The largest absolute Gasteiger partial charge is 0.469 e. The number of rotatable bonds is 7. The first kappa shape index (κ1) is 14.6. The molecule has 2 rings (SSSR count). The van der Waals surface area contributed by atoms with Crippen molar-refractivity contribution in [3.63, 3.8) is 0 Å². The van der Waals surface area contributed by atoms with Gasteiger partial charge in [0.1, 0.15) is 12.7 Å². The van der Waals surface area contributed by atoms with Crippen LogP contribution >= 0.6 is 0 Å². The van der Waals surface area contributed by atoms with E-state index in [1.165, 1.54) is 24.4 Å². The molecule has 0 saturated carbocycles. The standard InChI is InChI=1S/C11H16N8O2/c1-3-13-9-16-10(14-5-4-8(20)21-2)18-11(17-9)19-7-12-6-15-19/h6-7H,3-5H2,1-2H3,(H2,13,14,16,17,18). The van der Waals surface area contributed by atoms with E-state index in [1.54, 1.807) is 0 Å². The van der Waals surface area contributed by atoms with Gasteiger partial charge in [-0.15, -0.1) is 0 Å². The highest BCUT2D eigenvalue weighted by molar-refractivity contribution is 5.69. The third-order valence-electron chi connectivity index (χ3n) is 2.42. The van der Waals surface area contributed by atoms with Gasteiger partial charge in [0.15, 0.2) is 0 Å². The summed E-state index contributed by atoms with van der Waals surface area (Å²) >= 11 is 0. The van der Waals surface area contributed by atoms with E-state index < -0.39 is 0 Å². The molecule has 10 nitrogen and oxygen atoms in total. The van der Waals surface area contributed by atoms with Crippen LogP contribution in [0, 0.1) is 0 Å². The van der Waals surface area contributed by atoms with Crippen molar-refractivity contribution < 1.29 is 9.53 Å². The third kappa shape index (κ3) is 4.09. The van der Waals surface area contributed by atoms with Crippen LogP contribution in [0.3, 0.4) is 0 Å². The van der Waals surface area contributed by atoms with E-state index in [4.69, 9.17) is 0 Å². The molecular formula is C11H16N8O2. The highest BCUT2D eigenvalue weighted by atomic mass is 16.5. The van der Waals surface area contributed by atoms with Crippen molar-refractivity contribution in [3.8, 4) is 5.95 Å². The maximum Gasteiger partial charge on any atom is 0.307 e. The number of nitrogens with one attached hydrogen (secondary N) is 2. The lowest BCUT2D eigenvalue weighted by atomic mass is 10.4. The number of hydrogen-bond acceptors (Lipinski definition) is 9. The van der Waals surface area contributed by atoms with Gasteiger partial charge in [-0.2, -0.15) is 24.7 Å². The number of aromatic nitrogens is 6. The number of nitrogens with zero attached hydrogens (tertiary/aromatic N) is 6. The van der Waals surface area contributed by atoms with Crippen molar-refractivity contribution >= 4 is 17.9 Å². The summed E-state index contributed by atoms with van der Waals surface area (Å²) in [4.78, 5) is 27.6. The quantitative estimate of drug-likeness (QED) is 0.671. The lowest BCUT2D eigenvalue weighted by Crippen LogP contribution is -2.15. The Kier molecular flexibility index (Phi) is 4.96. The van der Waals surface area contributed by atoms with Gasteiger partial charge < -0.3 is 15.4 Å². The van der Waals surface area contributed by atoms with Crippen molar-refractivity contribution in [2.24, 2.45) is 0 Å². The zero-order valence-corrected chi connectivity index (χ0v) is 11.8. The zero-order chi connectivity index (χ0) is 15.1. The van der Waals surface area contributed by atoms with E-state index in [9.17, 15) is 4.79 Å². The minimum atomic E-state index is -0.306. The molecule has 0 aliphatic rings. The molecular weight excluding hydrogens is 276 g/mol. The lowest BCUT2D eigenvalue weighted by Gasteiger charge is -2.08. The maximum absolute atomic E-state index is 11.1. The summed E-state index contributed by atoms with van der Waals surface area (Å²) in [6.07, 6.45) is 3.10. The summed E-state index contributed by atoms with van der Waals surface area (Å²) < 4.78 is 5.99. The number of carbonyl (C=O) groups excluding carboxylic acids is 1. The Morgan fingerprint density at radius 2 is 2.05 bits per heavy atom. The molecule has 0 aromatic carbocycles. The van der Waals surface area contributed by atoms with Gasteiger partial charge in [0.05, 0.1) is 13.5 Å². The van der Waals surface area contributed by atoms with Gasteiger partial charge in [-0.1, -0.05) is 0 Å². The molecule has 21 heavy (non-hydrogen) atoms. The number of ether oxygens (including phenoxy) is 1. The van der Waals surface area contributed by atoms with Crippen LogP contribution in [0.5, 0.6) is 0 Å². The van der Waals surface area contributed by atoms with Crippen LogP contribution in [-0.2, 0) is 9.53 Å². The molecule has 0 unspecified atom stereocenters. The molecule has 2 heterocycles. The highest BCUT2D eigenvalue weighted by Gasteiger charge is 2.09. The fourth-order valence-corrected chi connectivity index (χ4v) is 1.47. The van der Waals surface area contributed by atoms with Crippen LogP contribution < -0.4 is 10.6 Å². The summed E-state index contributed by atoms with van der Waals surface area (Å²) in [5.41, 5.74) is 0. The summed E-state index contributed by atoms with van der Waals surface area (Å²) in [6, 6.07) is 0. The first-order chi connectivity index (χ1) is 10.2. The fraction of sp³-hybridized carbons (Fsp3) is 0.455. The minimum Gasteiger partial charge on any atom is -0.469 e. The average molecular weight is 292 g/mol. The molecule has 0 aliphatic carbocycles. The van der Waals surface area contributed by atoms with Crippen LogP contribution in [-0.4, -0.2) is 55.9 Å². The first-order valence-electron chi connectivity index (χ1n) is 6.38. The average Bonchev–Trinajstić information content (AvgIpc) is 3.01. The van der Waals surface area contributed by atoms with Crippen LogP contribution in [0.25, 0.3) is 5.95 Å². The van der Waals surface area contributed by atoms with E-state index >= 15 is 0 Å². The molecule has 2 N–H and O–H groups in total. The van der Waals surface area contributed by atoms with Gasteiger partial charge in [-0.3, -0.25) is 4.79 Å². The SMILES string of the molecule is CCNc1nc(NCCC(=O)OC)nc(-n2cncn2)n1. The van der Waals surface area contributed by atoms with E-state index in [2.05, 4.69) is 40.4 Å². The molecule has 2 aromatic rings. The van der Waals surface area contributed by atoms with Crippen molar-refractivity contribution in [2.75, 3.05) is 30.8 Å². The Morgan fingerprint density at radius 3 is 2.67 bits per heavy atom. The van der Waals surface area contributed by atoms with E-state index in [0.717, 1.165) is 0 Å². The van der Waals surface area contributed by atoms with E-state index in [0.29, 0.717) is 30.9 Å². The first-order valence-corrected chi connectivity index (χ1v) is 6.38. The summed E-state index contributed by atoms with van der Waals surface area (Å²) in [5.74, 6) is 0.785. The topological polar surface area (TPSA) is 120 Å². The molecule has 0 aliphatic heterocycles. The predicted molar refractivity (Wildman–Crippen MR) is 74.0 cm³/mol. The number of methoxy groups -OCH3 is 1. The van der Waals surface area contributed by atoms with Gasteiger partial charge in [0.2, 0.25) is 11.9 Å². The Morgan fingerprint density at radius 1 is 1.29 bits per heavy atom. The predicted octanol–water partition coefficient (Wildman–Crippen LogP) is -0.141. The second kappa shape index (κ2) is 7.12. The van der Waals surface area contributed by atoms with Gasteiger partial charge >= 0.3 is 5.97 Å². The second-order valence-electron chi connectivity index (χ2n) is 3.91. The van der Waals surface area contributed by atoms with Gasteiger partial charge in [-0.05, 0) is 6.92 Å². The molecule has 0 fully saturated rings. The van der Waals surface area contributed by atoms with Gasteiger partial charge in [-0.25, -0.2) is 4.98 Å². The van der Waals surface area contributed by atoms with E-state index in [1.807, 2.05) is 6.92 Å². The van der Waals surface area contributed by atoms with Crippen molar-refractivity contribution in [2.45, 2.75) is 13.3 Å². The molecule has 10 heteroatoms. The molecule has 0 amide bonds. The maximum atomic E-state index is 11.1. The van der Waals surface area contributed by atoms with Gasteiger partial charge in [0, 0.05) is 13.1 Å². The van der Waals surface area contributed by atoms with E-state index in [-0.39, 0.29) is 12.4 Å². The number of carbonyl (C=O) groups is 1. The van der Waals surface area contributed by atoms with Gasteiger partial charge in [0.25, 0.3) is 5.95 Å². The lowest BCUT2D eigenvalue weighted by molar-refractivity contribution is -0.140. The van der Waals surface area contributed by atoms with Crippen molar-refractivity contribution in [1.82, 2.24) is 29.7 Å². The minimum absolute atomic E-state index is 0.220. The monoisotopic (exact) mass is 292 g/mol. The van der Waals surface area contributed by atoms with Crippen molar-refractivity contribution in [1.29, 1.82) is 0 Å². The van der Waals surface area contributed by atoms with Crippen LogP contribution in [0.15, 0.2) is 12.7 Å². The smallest absolute Gasteiger partial charge is 0.307 e. The Hall–Kier alpha value is -2.78. The zero-order valence-electron chi connectivity index (χ0n) is 11.8. The normalized spacial score (nSPS) is 10.2. The summed E-state index contributed by atoms with van der Waals surface area (Å²) in [6.45, 7) is 2.96. The Balaban J connectivity index is 2.14. The number of hydrogen-bond donors (Lipinski definition) is 2. The van der Waals surface area contributed by atoms with Crippen molar-refractivity contribution in [3.05, 3.63) is 12.7 Å².